The molecule has 1 nitrogen and oxygen atoms in total. The lowest BCUT2D eigenvalue weighted by Crippen LogP contribution is -2.03. The summed E-state index contributed by atoms with van der Waals surface area (Å²) in [5.41, 5.74) is 0. The number of carbonyl (C=O) groups is 1. The lowest BCUT2D eigenvalue weighted by Gasteiger charge is -2.16. The molecule has 1 atom stereocenters. The predicted molar refractivity (Wildman–Crippen MR) is 109 cm³/mol. The van der Waals surface area contributed by atoms with Crippen molar-refractivity contribution in [2.75, 3.05) is 0 Å². The van der Waals surface area contributed by atoms with E-state index in [9.17, 15) is 4.79 Å². The van der Waals surface area contributed by atoms with E-state index in [0.717, 1.165) is 24.7 Å². The molecule has 0 rings (SSSR count). The van der Waals surface area contributed by atoms with Gasteiger partial charge in [-0.1, -0.05) is 104 Å². The molecule has 0 N–H and O–H groups in total. The van der Waals surface area contributed by atoms with Crippen LogP contribution in [-0.2, 0) is 4.79 Å². The largest absolute Gasteiger partial charge is 0.300 e. The molecule has 24 heavy (non-hydrogen) atoms. The number of carbonyl (C=O) groups excluding carboxylic acids is 1. The van der Waals surface area contributed by atoms with Crippen molar-refractivity contribution in [3.63, 3.8) is 0 Å². The molecule has 0 aromatic heterocycles. The van der Waals surface area contributed by atoms with Gasteiger partial charge in [0, 0.05) is 6.42 Å². The van der Waals surface area contributed by atoms with E-state index in [4.69, 9.17) is 0 Å². The minimum absolute atomic E-state index is 0.347. The Balaban J connectivity index is 3.18. The Kier molecular flexibility index (Phi) is 17.3. The normalized spacial score (nSPS) is 12.7. The van der Waals surface area contributed by atoms with E-state index in [1.165, 1.54) is 89.9 Å². The first-order valence-corrected chi connectivity index (χ1v) is 11.1. The first-order chi connectivity index (χ1) is 11.6. The molecule has 0 saturated carbocycles. The second-order valence-corrected chi connectivity index (χ2v) is 8.39. The Bertz CT molecular complexity index is 269. The van der Waals surface area contributed by atoms with Crippen LogP contribution in [0.15, 0.2) is 0 Å². The molecule has 0 aromatic rings. The number of unbranched alkanes of at least 4 members (excludes halogenated alkanes) is 11. The highest BCUT2D eigenvalue weighted by Gasteiger charge is 2.08. The molecule has 0 fully saturated rings. The monoisotopic (exact) mass is 338 g/mol. The quantitative estimate of drug-likeness (QED) is 0.231. The maximum atomic E-state index is 10.8. The van der Waals surface area contributed by atoms with Crippen molar-refractivity contribution in [1.82, 2.24) is 0 Å². The van der Waals surface area contributed by atoms with Crippen LogP contribution < -0.4 is 0 Å². The zero-order valence-corrected chi connectivity index (χ0v) is 17.4. The van der Waals surface area contributed by atoms with E-state index in [-0.39, 0.29) is 0 Å². The van der Waals surface area contributed by atoms with Gasteiger partial charge in [0.15, 0.2) is 0 Å². The van der Waals surface area contributed by atoms with Crippen LogP contribution in [0.2, 0.25) is 0 Å². The predicted octanol–water partition coefficient (Wildman–Crippen LogP) is 8.11. The fourth-order valence-electron chi connectivity index (χ4n) is 3.73. The van der Waals surface area contributed by atoms with Gasteiger partial charge in [0.1, 0.15) is 5.78 Å². The average molecular weight is 339 g/mol. The Morgan fingerprint density at radius 2 is 1.12 bits per heavy atom. The number of Topliss-reactive ketones (excluding diaryl/α,β-unsaturated/α-hetero) is 1. The Labute approximate surface area is 153 Å². The van der Waals surface area contributed by atoms with Crippen molar-refractivity contribution >= 4 is 5.78 Å². The van der Waals surface area contributed by atoms with Crippen LogP contribution in [0.25, 0.3) is 0 Å². The first-order valence-electron chi connectivity index (χ1n) is 11.1. The molecule has 1 unspecified atom stereocenters. The van der Waals surface area contributed by atoms with Crippen molar-refractivity contribution in [1.29, 1.82) is 0 Å². The van der Waals surface area contributed by atoms with Crippen LogP contribution >= 0.6 is 0 Å². The van der Waals surface area contributed by atoms with Gasteiger partial charge < -0.3 is 4.79 Å². The Morgan fingerprint density at radius 3 is 1.50 bits per heavy atom. The van der Waals surface area contributed by atoms with Gasteiger partial charge in [0.05, 0.1) is 0 Å². The highest BCUT2D eigenvalue weighted by Crippen LogP contribution is 2.22. The van der Waals surface area contributed by atoms with E-state index in [1.807, 2.05) is 0 Å². The third-order valence-electron chi connectivity index (χ3n) is 5.27. The molecular formula is C23H46O. The summed E-state index contributed by atoms with van der Waals surface area (Å²) in [4.78, 5) is 10.8. The topological polar surface area (TPSA) is 17.1 Å². The van der Waals surface area contributed by atoms with E-state index >= 15 is 0 Å². The maximum absolute atomic E-state index is 10.8. The number of ketones is 1. The van der Waals surface area contributed by atoms with Crippen molar-refractivity contribution in [3.05, 3.63) is 0 Å². The third-order valence-corrected chi connectivity index (χ3v) is 5.27. The molecule has 0 aliphatic carbocycles. The van der Waals surface area contributed by atoms with Crippen LogP contribution in [0.3, 0.4) is 0 Å². The summed E-state index contributed by atoms with van der Waals surface area (Å²) in [5, 5.41) is 0. The van der Waals surface area contributed by atoms with Gasteiger partial charge in [-0.05, 0) is 31.6 Å². The van der Waals surface area contributed by atoms with Gasteiger partial charge in [0.25, 0.3) is 0 Å². The van der Waals surface area contributed by atoms with Gasteiger partial charge in [-0.15, -0.1) is 0 Å². The van der Waals surface area contributed by atoms with Crippen molar-refractivity contribution < 1.29 is 4.79 Å². The molecular weight excluding hydrogens is 292 g/mol. The van der Waals surface area contributed by atoms with Crippen molar-refractivity contribution in [2.45, 2.75) is 130 Å². The molecule has 0 aliphatic rings. The Hall–Kier alpha value is -0.330. The molecule has 144 valence electrons. The van der Waals surface area contributed by atoms with Gasteiger partial charge in [0.2, 0.25) is 0 Å². The minimum Gasteiger partial charge on any atom is -0.300 e. The van der Waals surface area contributed by atoms with E-state index < -0.39 is 0 Å². The summed E-state index contributed by atoms with van der Waals surface area (Å²) >= 11 is 0. The highest BCUT2D eigenvalue weighted by molar-refractivity contribution is 5.75. The summed E-state index contributed by atoms with van der Waals surface area (Å²) < 4.78 is 0. The second kappa shape index (κ2) is 17.5. The average Bonchev–Trinajstić information content (AvgIpc) is 2.53. The summed E-state index contributed by atoms with van der Waals surface area (Å²) in [5.74, 6) is 2.18. The Morgan fingerprint density at radius 1 is 0.708 bits per heavy atom. The van der Waals surface area contributed by atoms with E-state index in [1.54, 1.807) is 6.92 Å². The van der Waals surface area contributed by atoms with Crippen molar-refractivity contribution in [3.8, 4) is 0 Å². The van der Waals surface area contributed by atoms with Crippen LogP contribution in [0.1, 0.15) is 130 Å². The number of hydrogen-bond donors (Lipinski definition) is 0. The maximum Gasteiger partial charge on any atom is 0.129 e. The molecule has 0 saturated heterocycles. The summed E-state index contributed by atoms with van der Waals surface area (Å²) in [6.45, 7) is 8.77. The molecule has 0 bridgehead atoms. The number of hydrogen-bond acceptors (Lipinski definition) is 1. The minimum atomic E-state index is 0.347. The zero-order chi connectivity index (χ0) is 18.0. The van der Waals surface area contributed by atoms with Gasteiger partial charge >= 0.3 is 0 Å². The fraction of sp³-hybridized carbons (Fsp3) is 0.957. The lowest BCUT2D eigenvalue weighted by molar-refractivity contribution is -0.117. The summed E-state index contributed by atoms with van der Waals surface area (Å²) in [7, 11) is 0. The molecule has 0 radical (unpaired) electrons. The van der Waals surface area contributed by atoms with Crippen molar-refractivity contribution in [2.24, 2.45) is 11.8 Å². The molecule has 0 spiro atoms. The highest BCUT2D eigenvalue weighted by atomic mass is 16.1. The molecule has 0 aromatic carbocycles. The third kappa shape index (κ3) is 18.0. The molecule has 1 heteroatoms. The summed E-state index contributed by atoms with van der Waals surface area (Å²) in [6, 6.07) is 0. The molecule has 0 amide bonds. The molecule has 0 heterocycles. The van der Waals surface area contributed by atoms with Crippen LogP contribution in [0.4, 0.5) is 0 Å². The van der Waals surface area contributed by atoms with E-state index in [0.29, 0.717) is 5.78 Å². The van der Waals surface area contributed by atoms with Crippen LogP contribution in [0, 0.1) is 11.8 Å². The first kappa shape index (κ1) is 23.7. The van der Waals surface area contributed by atoms with Crippen LogP contribution in [-0.4, -0.2) is 5.78 Å². The SMILES string of the molecule is CCC(CCCCCCCCCCCCCCC(C)=O)CC(C)C. The molecule has 0 aliphatic heterocycles. The standard InChI is InChI=1S/C23H46O/c1-5-23(20-21(2)3)19-17-15-13-11-9-7-6-8-10-12-14-16-18-22(4)24/h21,23H,5-20H2,1-4H3. The second-order valence-electron chi connectivity index (χ2n) is 8.39. The zero-order valence-electron chi connectivity index (χ0n) is 17.4. The van der Waals surface area contributed by atoms with Crippen LogP contribution in [0.5, 0.6) is 0 Å². The van der Waals surface area contributed by atoms with Gasteiger partial charge in [-0.3, -0.25) is 0 Å². The van der Waals surface area contributed by atoms with E-state index in [2.05, 4.69) is 20.8 Å². The van der Waals surface area contributed by atoms with Gasteiger partial charge in [-0.2, -0.15) is 0 Å². The smallest absolute Gasteiger partial charge is 0.129 e. The summed E-state index contributed by atoms with van der Waals surface area (Å²) in [6.07, 6.45) is 21.5. The number of rotatable bonds is 18. The lowest BCUT2D eigenvalue weighted by atomic mass is 9.90. The van der Waals surface area contributed by atoms with Gasteiger partial charge in [-0.25, -0.2) is 0 Å². The fourth-order valence-corrected chi connectivity index (χ4v) is 3.73.